The minimum atomic E-state index is -0.387. The maximum atomic E-state index is 12.1. The molecule has 4 heteroatoms. The molecule has 0 aliphatic heterocycles. The summed E-state index contributed by atoms with van der Waals surface area (Å²) < 4.78 is 0. The van der Waals surface area contributed by atoms with Crippen LogP contribution in [0.25, 0.3) is 0 Å². The van der Waals surface area contributed by atoms with Crippen LogP contribution in [0.5, 0.6) is 0 Å². The lowest BCUT2D eigenvalue weighted by molar-refractivity contribution is 0.102. The van der Waals surface area contributed by atoms with Crippen LogP contribution < -0.4 is 10.9 Å². The molecule has 0 fully saturated rings. The van der Waals surface area contributed by atoms with E-state index in [9.17, 15) is 9.59 Å². The second-order valence-corrected chi connectivity index (χ2v) is 4.34. The minimum Gasteiger partial charge on any atom is -0.326 e. The molecule has 0 unspecified atom stereocenters. The number of hydrogen-bond acceptors (Lipinski definition) is 2. The van der Waals surface area contributed by atoms with Crippen LogP contribution in [0.1, 0.15) is 28.5 Å². The predicted molar refractivity (Wildman–Crippen MR) is 75.6 cm³/mol. The van der Waals surface area contributed by atoms with Gasteiger partial charge in [0.2, 0.25) is 0 Å². The molecule has 19 heavy (non-hydrogen) atoms. The smallest absolute Gasteiger partial charge is 0.261 e. The van der Waals surface area contributed by atoms with E-state index in [1.807, 2.05) is 32.0 Å². The van der Waals surface area contributed by atoms with Crippen LogP contribution in [0, 0.1) is 6.92 Å². The molecule has 2 N–H and O–H groups in total. The molecule has 2 aromatic rings. The summed E-state index contributed by atoms with van der Waals surface area (Å²) in [4.78, 5) is 26.6. The van der Waals surface area contributed by atoms with Gasteiger partial charge in [-0.05, 0) is 37.1 Å². The average Bonchev–Trinajstić information content (AvgIpc) is 2.40. The Labute approximate surface area is 111 Å². The van der Waals surface area contributed by atoms with E-state index in [0.29, 0.717) is 5.69 Å². The van der Waals surface area contributed by atoms with E-state index in [0.717, 1.165) is 17.7 Å². The van der Waals surface area contributed by atoms with Crippen LogP contribution in [0.15, 0.2) is 41.2 Å². The summed E-state index contributed by atoms with van der Waals surface area (Å²) in [6.07, 6.45) is 0.772. The van der Waals surface area contributed by atoms with Crippen molar-refractivity contribution in [1.82, 2.24) is 4.98 Å². The van der Waals surface area contributed by atoms with Gasteiger partial charge < -0.3 is 10.3 Å². The maximum absolute atomic E-state index is 12.1. The predicted octanol–water partition coefficient (Wildman–Crippen LogP) is 2.50. The van der Waals surface area contributed by atoms with Gasteiger partial charge in [-0.3, -0.25) is 9.59 Å². The number of rotatable bonds is 3. The number of H-pyrrole nitrogens is 1. The summed E-state index contributed by atoms with van der Waals surface area (Å²) in [7, 11) is 0. The number of nitrogens with one attached hydrogen (secondary N) is 2. The third kappa shape index (κ3) is 2.91. The summed E-state index contributed by atoms with van der Waals surface area (Å²) in [5.41, 5.74) is 2.24. The molecule has 0 bridgehead atoms. The second-order valence-electron chi connectivity index (χ2n) is 4.34. The Kier molecular flexibility index (Phi) is 3.80. The fraction of sp³-hybridized carbons (Fsp3) is 0.200. The van der Waals surface area contributed by atoms with E-state index in [4.69, 9.17) is 0 Å². The van der Waals surface area contributed by atoms with Crippen molar-refractivity contribution in [2.45, 2.75) is 20.3 Å². The number of pyridine rings is 1. The highest BCUT2D eigenvalue weighted by atomic mass is 16.2. The van der Waals surface area contributed by atoms with Crippen LogP contribution in [-0.2, 0) is 6.42 Å². The molecule has 98 valence electrons. The summed E-state index contributed by atoms with van der Waals surface area (Å²) in [6, 6.07) is 10.7. The second kappa shape index (κ2) is 5.52. The van der Waals surface area contributed by atoms with Crippen molar-refractivity contribution in [3.05, 3.63) is 63.6 Å². The Morgan fingerprint density at radius 3 is 2.58 bits per heavy atom. The highest BCUT2D eigenvalue weighted by molar-refractivity contribution is 6.04. The molecule has 0 saturated carbocycles. The molecule has 1 aromatic heterocycles. The van der Waals surface area contributed by atoms with Crippen LogP contribution in [0.3, 0.4) is 0 Å². The van der Waals surface area contributed by atoms with Gasteiger partial charge in [-0.2, -0.15) is 0 Å². The lowest BCUT2D eigenvalue weighted by Crippen LogP contribution is -2.24. The Balaban J connectivity index is 2.32. The first-order valence-electron chi connectivity index (χ1n) is 6.21. The molecule has 4 nitrogen and oxygen atoms in total. The van der Waals surface area contributed by atoms with Gasteiger partial charge in [0.05, 0.1) is 0 Å². The van der Waals surface area contributed by atoms with Crippen molar-refractivity contribution in [2.24, 2.45) is 0 Å². The number of hydrogen-bond donors (Lipinski definition) is 2. The first-order valence-corrected chi connectivity index (χ1v) is 6.21. The monoisotopic (exact) mass is 256 g/mol. The topological polar surface area (TPSA) is 62.0 Å². The largest absolute Gasteiger partial charge is 0.326 e. The van der Waals surface area contributed by atoms with Crippen molar-refractivity contribution < 1.29 is 4.79 Å². The maximum Gasteiger partial charge on any atom is 0.261 e. The van der Waals surface area contributed by atoms with Crippen LogP contribution in [-0.4, -0.2) is 10.9 Å². The molecular formula is C15H16N2O2. The zero-order valence-electron chi connectivity index (χ0n) is 11.0. The molecule has 0 aliphatic rings. The Bertz CT molecular complexity index is 645. The lowest BCUT2D eigenvalue weighted by atomic mass is 10.1. The summed E-state index contributed by atoms with van der Waals surface area (Å²) in [5.74, 6) is -0.387. The number of carbonyl (C=O) groups excluding carboxylic acids is 1. The quantitative estimate of drug-likeness (QED) is 0.886. The van der Waals surface area contributed by atoms with Crippen molar-refractivity contribution in [3.63, 3.8) is 0 Å². The van der Waals surface area contributed by atoms with Crippen LogP contribution in [0.2, 0.25) is 0 Å². The number of benzene rings is 1. The molecule has 1 aromatic carbocycles. The summed E-state index contributed by atoms with van der Waals surface area (Å²) >= 11 is 0. The normalized spacial score (nSPS) is 10.2. The average molecular weight is 256 g/mol. The van der Waals surface area contributed by atoms with E-state index in [1.54, 1.807) is 18.2 Å². The van der Waals surface area contributed by atoms with Crippen molar-refractivity contribution >= 4 is 11.6 Å². The number of anilines is 1. The van der Waals surface area contributed by atoms with Gasteiger partial charge in [0, 0.05) is 11.4 Å². The van der Waals surface area contributed by atoms with Crippen LogP contribution >= 0.6 is 0 Å². The van der Waals surface area contributed by atoms with Gasteiger partial charge in [-0.15, -0.1) is 0 Å². The summed E-state index contributed by atoms with van der Waals surface area (Å²) in [6.45, 7) is 3.82. The van der Waals surface area contributed by atoms with Crippen LogP contribution in [0.4, 0.5) is 5.69 Å². The first-order chi connectivity index (χ1) is 9.11. The Morgan fingerprint density at radius 2 is 1.95 bits per heavy atom. The van der Waals surface area contributed by atoms with Gasteiger partial charge in [0.25, 0.3) is 11.5 Å². The Hall–Kier alpha value is -2.36. The van der Waals surface area contributed by atoms with E-state index in [1.165, 1.54) is 0 Å². The highest BCUT2D eigenvalue weighted by Gasteiger charge is 2.12. The molecule has 1 heterocycles. The SMILES string of the molecule is CCc1cc(C(=O)Nc2ccccc2)c(=O)[nH]c1C. The fourth-order valence-corrected chi connectivity index (χ4v) is 1.92. The zero-order valence-corrected chi connectivity index (χ0v) is 11.0. The molecule has 0 aliphatic carbocycles. The zero-order chi connectivity index (χ0) is 13.8. The van der Waals surface area contributed by atoms with Gasteiger partial charge in [-0.1, -0.05) is 25.1 Å². The van der Waals surface area contributed by atoms with Gasteiger partial charge in [0.1, 0.15) is 5.56 Å². The molecule has 1 amide bonds. The molecular weight excluding hydrogens is 240 g/mol. The number of amides is 1. The third-order valence-corrected chi connectivity index (χ3v) is 3.00. The number of carbonyl (C=O) groups is 1. The molecule has 2 rings (SSSR count). The number of aromatic nitrogens is 1. The standard InChI is InChI=1S/C15H16N2O2/c1-3-11-9-13(14(18)16-10(11)2)15(19)17-12-7-5-4-6-8-12/h4-9H,3H2,1-2H3,(H,16,18)(H,17,19). The molecule has 0 saturated heterocycles. The number of aromatic amines is 1. The highest BCUT2D eigenvalue weighted by Crippen LogP contribution is 2.09. The minimum absolute atomic E-state index is 0.145. The van der Waals surface area contributed by atoms with E-state index >= 15 is 0 Å². The fourth-order valence-electron chi connectivity index (χ4n) is 1.92. The van der Waals surface area contributed by atoms with Crippen molar-refractivity contribution in [3.8, 4) is 0 Å². The van der Waals surface area contributed by atoms with E-state index in [-0.39, 0.29) is 17.0 Å². The van der Waals surface area contributed by atoms with Gasteiger partial charge in [-0.25, -0.2) is 0 Å². The van der Waals surface area contributed by atoms with Crippen molar-refractivity contribution in [2.75, 3.05) is 5.32 Å². The molecule has 0 spiro atoms. The van der Waals surface area contributed by atoms with Gasteiger partial charge >= 0.3 is 0 Å². The van der Waals surface area contributed by atoms with Gasteiger partial charge in [0.15, 0.2) is 0 Å². The summed E-state index contributed by atoms with van der Waals surface area (Å²) in [5, 5.41) is 2.71. The molecule has 0 atom stereocenters. The number of para-hydroxylation sites is 1. The van der Waals surface area contributed by atoms with E-state index in [2.05, 4.69) is 10.3 Å². The number of aryl methyl sites for hydroxylation is 2. The van der Waals surface area contributed by atoms with E-state index < -0.39 is 0 Å². The Morgan fingerprint density at radius 1 is 1.26 bits per heavy atom. The third-order valence-electron chi connectivity index (χ3n) is 3.00. The first kappa shape index (κ1) is 13.1. The van der Waals surface area contributed by atoms with Crippen molar-refractivity contribution in [1.29, 1.82) is 0 Å². The lowest BCUT2D eigenvalue weighted by Gasteiger charge is -2.07. The molecule has 0 radical (unpaired) electrons.